The van der Waals surface area contributed by atoms with Gasteiger partial charge in [0.25, 0.3) is 0 Å². The van der Waals surface area contributed by atoms with Gasteiger partial charge in [0, 0.05) is 0 Å². The van der Waals surface area contributed by atoms with Crippen LogP contribution in [0.3, 0.4) is 0 Å². The molecule has 1 atom stereocenters. The van der Waals surface area contributed by atoms with Crippen molar-refractivity contribution in [2.75, 3.05) is 6.61 Å². The molecule has 2 rings (SSSR count). The molecule has 1 heterocycles. The van der Waals surface area contributed by atoms with E-state index in [9.17, 15) is 4.79 Å². The Morgan fingerprint density at radius 1 is 1.38 bits per heavy atom. The molecule has 0 saturated carbocycles. The Hall–Kier alpha value is -2.04. The summed E-state index contributed by atoms with van der Waals surface area (Å²) in [5.41, 5.74) is 1.13. The molecule has 1 aromatic rings. The lowest BCUT2D eigenvalue weighted by Crippen LogP contribution is -2.21. The van der Waals surface area contributed by atoms with E-state index in [1.54, 1.807) is 6.92 Å². The Kier molecular flexibility index (Phi) is 3.05. The lowest BCUT2D eigenvalue weighted by Gasteiger charge is -2.08. The van der Waals surface area contributed by atoms with E-state index in [4.69, 9.17) is 4.74 Å². The van der Waals surface area contributed by atoms with E-state index in [2.05, 4.69) is 15.4 Å². The van der Waals surface area contributed by atoms with Gasteiger partial charge in [-0.3, -0.25) is 0 Å². The van der Waals surface area contributed by atoms with Crippen molar-refractivity contribution in [2.45, 2.75) is 13.0 Å². The van der Waals surface area contributed by atoms with Crippen molar-refractivity contribution in [1.29, 1.82) is 0 Å². The largest absolute Gasteiger partial charge is 0.461 e. The molecule has 16 heavy (non-hydrogen) atoms. The van der Waals surface area contributed by atoms with E-state index in [1.165, 1.54) is 0 Å². The van der Waals surface area contributed by atoms with Crippen molar-refractivity contribution < 1.29 is 9.53 Å². The Bertz CT molecular complexity index is 440. The summed E-state index contributed by atoms with van der Waals surface area (Å²) in [6, 6.07) is 8.99. The minimum absolute atomic E-state index is 0.244. The van der Waals surface area contributed by atoms with Crippen molar-refractivity contribution in [3.63, 3.8) is 0 Å². The minimum Gasteiger partial charge on any atom is -0.461 e. The minimum atomic E-state index is -0.457. The monoisotopic (exact) mass is 217 g/mol. The van der Waals surface area contributed by atoms with E-state index < -0.39 is 12.0 Å². The van der Waals surface area contributed by atoms with Crippen molar-refractivity contribution in [1.82, 2.24) is 0 Å². The smallest absolute Gasteiger partial charge is 0.357 e. The number of rotatable bonds is 3. The second kappa shape index (κ2) is 4.65. The third-order valence-corrected chi connectivity index (χ3v) is 2.18. The Morgan fingerprint density at radius 3 is 2.81 bits per heavy atom. The molecule has 5 heteroatoms. The van der Waals surface area contributed by atoms with Gasteiger partial charge in [-0.15, -0.1) is 5.10 Å². The molecule has 0 amide bonds. The lowest BCUT2D eigenvalue weighted by atomic mass is 10.0. The van der Waals surface area contributed by atoms with Crippen LogP contribution in [0.1, 0.15) is 18.5 Å². The highest BCUT2D eigenvalue weighted by molar-refractivity contribution is 6.38. The van der Waals surface area contributed by atoms with Gasteiger partial charge >= 0.3 is 5.97 Å². The Labute approximate surface area is 92.8 Å². The average Bonchev–Trinajstić information content (AvgIpc) is 2.79. The Morgan fingerprint density at radius 2 is 2.12 bits per heavy atom. The van der Waals surface area contributed by atoms with Crippen LogP contribution in [0.5, 0.6) is 0 Å². The molecule has 1 aliphatic heterocycles. The molecule has 0 bridgehead atoms. The zero-order chi connectivity index (χ0) is 11.4. The lowest BCUT2D eigenvalue weighted by molar-refractivity contribution is -0.135. The van der Waals surface area contributed by atoms with Crippen molar-refractivity contribution in [3.8, 4) is 0 Å². The van der Waals surface area contributed by atoms with Gasteiger partial charge < -0.3 is 4.74 Å². The number of carbonyl (C=O) groups is 1. The summed E-state index contributed by atoms with van der Waals surface area (Å²) in [5.74, 6) is -0.457. The first kappa shape index (κ1) is 10.5. The maximum atomic E-state index is 11.6. The van der Waals surface area contributed by atoms with Crippen LogP contribution >= 0.6 is 0 Å². The summed E-state index contributed by atoms with van der Waals surface area (Å²) in [5, 5.41) is 11.2. The number of nitrogens with zero attached hydrogens (tertiary/aromatic N) is 3. The number of carbonyl (C=O) groups excluding carboxylic acids is 1. The van der Waals surface area contributed by atoms with Gasteiger partial charge in [-0.05, 0) is 17.7 Å². The molecule has 0 spiro atoms. The molecule has 1 aromatic carbocycles. The van der Waals surface area contributed by atoms with Crippen LogP contribution in [-0.4, -0.2) is 18.3 Å². The molecular weight excluding hydrogens is 206 g/mol. The summed E-state index contributed by atoms with van der Waals surface area (Å²) in [6.07, 6.45) is 0. The molecule has 0 radical (unpaired) electrons. The molecule has 0 saturated heterocycles. The van der Waals surface area contributed by atoms with Gasteiger partial charge in [-0.25, -0.2) is 4.79 Å². The van der Waals surface area contributed by atoms with Gasteiger partial charge in [0.05, 0.1) is 6.61 Å². The summed E-state index contributed by atoms with van der Waals surface area (Å²) >= 11 is 0. The van der Waals surface area contributed by atoms with Crippen LogP contribution < -0.4 is 0 Å². The Balaban J connectivity index is 2.21. The summed E-state index contributed by atoms with van der Waals surface area (Å²) in [6.45, 7) is 2.07. The normalized spacial score (nSPS) is 18.3. The molecule has 0 N–H and O–H groups in total. The zero-order valence-corrected chi connectivity index (χ0v) is 8.83. The fourth-order valence-electron chi connectivity index (χ4n) is 1.45. The second-order valence-corrected chi connectivity index (χ2v) is 3.22. The maximum Gasteiger partial charge on any atom is 0.357 e. The SMILES string of the molecule is CCOC(=O)C1=NN=NC1c1ccccc1. The molecule has 0 aliphatic carbocycles. The molecule has 82 valence electrons. The molecular formula is C11H11N3O2. The van der Waals surface area contributed by atoms with Gasteiger partial charge in [0.1, 0.15) is 6.04 Å². The van der Waals surface area contributed by atoms with E-state index in [0.717, 1.165) is 5.56 Å². The molecule has 0 fully saturated rings. The first-order valence-corrected chi connectivity index (χ1v) is 5.02. The fraction of sp³-hybridized carbons (Fsp3) is 0.273. The summed E-state index contributed by atoms with van der Waals surface area (Å²) in [4.78, 5) is 11.6. The van der Waals surface area contributed by atoms with E-state index in [-0.39, 0.29) is 5.71 Å². The molecule has 1 aliphatic rings. The quantitative estimate of drug-likeness (QED) is 0.728. The van der Waals surface area contributed by atoms with Crippen LogP contribution in [-0.2, 0) is 9.53 Å². The van der Waals surface area contributed by atoms with Crippen LogP contribution in [0, 0.1) is 0 Å². The molecule has 5 nitrogen and oxygen atoms in total. The van der Waals surface area contributed by atoms with E-state index in [0.29, 0.717) is 6.61 Å². The number of ether oxygens (including phenoxy) is 1. The van der Waals surface area contributed by atoms with Crippen molar-refractivity contribution in [3.05, 3.63) is 35.9 Å². The first-order chi connectivity index (χ1) is 7.83. The second-order valence-electron chi connectivity index (χ2n) is 3.22. The van der Waals surface area contributed by atoms with Crippen molar-refractivity contribution in [2.24, 2.45) is 15.4 Å². The summed E-state index contributed by atoms with van der Waals surface area (Å²) < 4.78 is 4.89. The topological polar surface area (TPSA) is 63.4 Å². The van der Waals surface area contributed by atoms with Gasteiger partial charge in [-0.2, -0.15) is 5.11 Å². The third kappa shape index (κ3) is 1.98. The standard InChI is InChI=1S/C11H11N3O2/c1-2-16-11(15)10-9(12-14-13-10)8-6-4-3-5-7-8/h3-7,9H,2H2,1H3. The predicted molar refractivity (Wildman–Crippen MR) is 58.1 cm³/mol. The first-order valence-electron chi connectivity index (χ1n) is 5.02. The van der Waals surface area contributed by atoms with Crippen LogP contribution in [0.25, 0.3) is 0 Å². The highest BCUT2D eigenvalue weighted by atomic mass is 16.5. The fourth-order valence-corrected chi connectivity index (χ4v) is 1.45. The number of benzene rings is 1. The van der Waals surface area contributed by atoms with Crippen LogP contribution in [0.2, 0.25) is 0 Å². The average molecular weight is 217 g/mol. The predicted octanol–water partition coefficient (Wildman–Crippen LogP) is 2.11. The van der Waals surface area contributed by atoms with Crippen LogP contribution in [0.4, 0.5) is 0 Å². The highest BCUT2D eigenvalue weighted by Gasteiger charge is 2.29. The van der Waals surface area contributed by atoms with Gasteiger partial charge in [0.15, 0.2) is 5.71 Å². The van der Waals surface area contributed by atoms with E-state index in [1.807, 2.05) is 30.3 Å². The summed E-state index contributed by atoms with van der Waals surface area (Å²) in [7, 11) is 0. The number of hydrogen-bond donors (Lipinski definition) is 0. The number of esters is 1. The van der Waals surface area contributed by atoms with Crippen LogP contribution in [0.15, 0.2) is 45.8 Å². The van der Waals surface area contributed by atoms with Crippen molar-refractivity contribution >= 4 is 11.7 Å². The van der Waals surface area contributed by atoms with Gasteiger partial charge in [0.2, 0.25) is 0 Å². The zero-order valence-electron chi connectivity index (χ0n) is 8.83. The number of hydrogen-bond acceptors (Lipinski definition) is 5. The molecule has 1 unspecified atom stereocenters. The van der Waals surface area contributed by atoms with E-state index >= 15 is 0 Å². The molecule has 0 aromatic heterocycles. The van der Waals surface area contributed by atoms with Gasteiger partial charge in [-0.1, -0.05) is 30.3 Å². The highest BCUT2D eigenvalue weighted by Crippen LogP contribution is 2.24. The third-order valence-electron chi connectivity index (χ3n) is 2.18. The maximum absolute atomic E-state index is 11.6.